The molecule has 1 saturated heterocycles. The van der Waals surface area contributed by atoms with Crippen molar-refractivity contribution >= 4 is 0 Å². The molecule has 0 aromatic carbocycles. The molecule has 6 heteroatoms. The third-order valence-electron chi connectivity index (χ3n) is 3.46. The van der Waals surface area contributed by atoms with E-state index in [1.54, 1.807) is 6.92 Å². The van der Waals surface area contributed by atoms with Gasteiger partial charge in [-0.3, -0.25) is 0 Å². The Morgan fingerprint density at radius 3 is 2.42 bits per heavy atom. The van der Waals surface area contributed by atoms with E-state index in [0.29, 0.717) is 6.61 Å². The highest BCUT2D eigenvalue weighted by molar-refractivity contribution is 4.87. The number of aliphatic hydroxyl groups excluding tert-OH is 4. The van der Waals surface area contributed by atoms with E-state index in [-0.39, 0.29) is 12.5 Å². The number of ether oxygens (including phenoxy) is 2. The van der Waals surface area contributed by atoms with Crippen molar-refractivity contribution in [3.63, 3.8) is 0 Å². The summed E-state index contributed by atoms with van der Waals surface area (Å²) in [6, 6.07) is 0. The van der Waals surface area contributed by atoms with E-state index < -0.39 is 30.7 Å². The number of aliphatic hydroxyl groups is 4. The highest BCUT2D eigenvalue weighted by Gasteiger charge is 2.42. The lowest BCUT2D eigenvalue weighted by Crippen LogP contribution is -2.57. The summed E-state index contributed by atoms with van der Waals surface area (Å²) in [5.41, 5.74) is 0. The van der Waals surface area contributed by atoms with Crippen LogP contribution in [0.25, 0.3) is 0 Å². The fourth-order valence-corrected chi connectivity index (χ4v) is 2.10. The lowest BCUT2D eigenvalue weighted by atomic mass is 10.00. The van der Waals surface area contributed by atoms with Crippen LogP contribution in [0.5, 0.6) is 0 Å². The fourth-order valence-electron chi connectivity index (χ4n) is 2.10. The van der Waals surface area contributed by atoms with Crippen LogP contribution >= 0.6 is 0 Å². The lowest BCUT2D eigenvalue weighted by Gasteiger charge is -2.39. The smallest absolute Gasteiger partial charge is 0.186 e. The zero-order valence-electron chi connectivity index (χ0n) is 11.6. The molecule has 6 atom stereocenters. The van der Waals surface area contributed by atoms with Gasteiger partial charge in [0.15, 0.2) is 6.29 Å². The van der Waals surface area contributed by atoms with Gasteiger partial charge in [0.1, 0.15) is 18.3 Å². The summed E-state index contributed by atoms with van der Waals surface area (Å²) in [7, 11) is 0. The molecule has 0 saturated carbocycles. The van der Waals surface area contributed by atoms with Crippen LogP contribution in [0.2, 0.25) is 0 Å². The molecule has 0 radical (unpaired) electrons. The van der Waals surface area contributed by atoms with Crippen LogP contribution in [0.3, 0.4) is 0 Å². The van der Waals surface area contributed by atoms with Gasteiger partial charge in [0.25, 0.3) is 0 Å². The molecule has 1 aliphatic heterocycles. The maximum absolute atomic E-state index is 9.76. The molecule has 0 spiro atoms. The summed E-state index contributed by atoms with van der Waals surface area (Å²) in [4.78, 5) is 0. The van der Waals surface area contributed by atoms with Crippen molar-refractivity contribution in [1.29, 1.82) is 0 Å². The van der Waals surface area contributed by atoms with Crippen LogP contribution in [-0.2, 0) is 9.47 Å². The quantitative estimate of drug-likeness (QED) is 0.474. The first kappa shape index (κ1) is 16.8. The van der Waals surface area contributed by atoms with Crippen molar-refractivity contribution in [3.05, 3.63) is 0 Å². The molecule has 1 fully saturated rings. The second-order valence-corrected chi connectivity index (χ2v) is 5.34. The second kappa shape index (κ2) is 8.14. The minimum absolute atomic E-state index is 0.194. The number of hydrogen-bond donors (Lipinski definition) is 4. The average molecular weight is 278 g/mol. The Morgan fingerprint density at radius 2 is 1.79 bits per heavy atom. The molecular formula is C13H26O6. The molecular weight excluding hydrogens is 252 g/mol. The van der Waals surface area contributed by atoms with Crippen molar-refractivity contribution in [2.45, 2.75) is 63.8 Å². The van der Waals surface area contributed by atoms with Gasteiger partial charge >= 0.3 is 0 Å². The van der Waals surface area contributed by atoms with Crippen LogP contribution in [0.15, 0.2) is 0 Å². The molecule has 1 aliphatic rings. The van der Waals surface area contributed by atoms with Crippen LogP contribution in [-0.4, -0.2) is 64.3 Å². The third-order valence-corrected chi connectivity index (χ3v) is 3.46. The van der Waals surface area contributed by atoms with Gasteiger partial charge in [0, 0.05) is 6.61 Å². The first-order chi connectivity index (χ1) is 8.97. The van der Waals surface area contributed by atoms with Gasteiger partial charge in [-0.2, -0.15) is 0 Å². The molecule has 0 aromatic heterocycles. The highest BCUT2D eigenvalue weighted by Crippen LogP contribution is 2.22. The van der Waals surface area contributed by atoms with Crippen molar-refractivity contribution < 1.29 is 29.9 Å². The third kappa shape index (κ3) is 4.98. The normalized spacial score (nSPS) is 37.3. The first-order valence-electron chi connectivity index (χ1n) is 6.89. The Balaban J connectivity index is 2.31. The molecule has 6 nitrogen and oxygen atoms in total. The Bertz CT molecular complexity index is 249. The van der Waals surface area contributed by atoms with Crippen molar-refractivity contribution in [1.82, 2.24) is 0 Å². The molecule has 0 bridgehead atoms. The highest BCUT2D eigenvalue weighted by atomic mass is 16.7. The molecule has 19 heavy (non-hydrogen) atoms. The SMILES string of the molecule is C[C@H](CCCCO)CO[C@@H]1O[C@@H](C)[C@H](O)[C@@H](O)[C@H]1O. The minimum atomic E-state index is -1.25. The van der Waals surface area contributed by atoms with E-state index in [9.17, 15) is 15.3 Å². The first-order valence-corrected chi connectivity index (χ1v) is 6.89. The van der Waals surface area contributed by atoms with Gasteiger partial charge in [-0.1, -0.05) is 13.3 Å². The topological polar surface area (TPSA) is 99.4 Å². The maximum Gasteiger partial charge on any atom is 0.186 e. The minimum Gasteiger partial charge on any atom is -0.396 e. The molecule has 0 aliphatic carbocycles. The Hall–Kier alpha value is -0.240. The average Bonchev–Trinajstić information content (AvgIpc) is 2.39. The molecule has 4 N–H and O–H groups in total. The van der Waals surface area contributed by atoms with E-state index >= 15 is 0 Å². The van der Waals surface area contributed by atoms with Gasteiger partial charge in [-0.25, -0.2) is 0 Å². The summed E-state index contributed by atoms with van der Waals surface area (Å²) in [6.07, 6.45) is -2.46. The maximum atomic E-state index is 9.76. The Morgan fingerprint density at radius 1 is 1.11 bits per heavy atom. The van der Waals surface area contributed by atoms with Gasteiger partial charge < -0.3 is 29.9 Å². The van der Waals surface area contributed by atoms with Crippen molar-refractivity contribution in [2.75, 3.05) is 13.2 Å². The molecule has 114 valence electrons. The zero-order chi connectivity index (χ0) is 14.4. The number of hydrogen-bond acceptors (Lipinski definition) is 6. The molecule has 0 unspecified atom stereocenters. The Kier molecular flexibility index (Phi) is 7.20. The summed E-state index contributed by atoms with van der Waals surface area (Å²) >= 11 is 0. The summed E-state index contributed by atoms with van der Waals surface area (Å²) < 4.78 is 10.8. The molecule has 1 heterocycles. The molecule has 0 aromatic rings. The van der Waals surface area contributed by atoms with Crippen molar-refractivity contribution in [2.24, 2.45) is 5.92 Å². The summed E-state index contributed by atoms with van der Waals surface area (Å²) in [6.45, 7) is 4.24. The fraction of sp³-hybridized carbons (Fsp3) is 1.00. The van der Waals surface area contributed by atoms with Crippen LogP contribution in [0, 0.1) is 5.92 Å². The van der Waals surface area contributed by atoms with Crippen LogP contribution in [0.4, 0.5) is 0 Å². The largest absolute Gasteiger partial charge is 0.396 e. The predicted octanol–water partition coefficient (Wildman–Crippen LogP) is -0.371. The van der Waals surface area contributed by atoms with E-state index in [1.807, 2.05) is 6.92 Å². The van der Waals surface area contributed by atoms with Gasteiger partial charge in [0.2, 0.25) is 0 Å². The van der Waals surface area contributed by atoms with Gasteiger partial charge in [-0.05, 0) is 25.7 Å². The predicted molar refractivity (Wildman–Crippen MR) is 68.4 cm³/mol. The lowest BCUT2D eigenvalue weighted by molar-refractivity contribution is -0.295. The molecule has 1 rings (SSSR count). The zero-order valence-corrected chi connectivity index (χ0v) is 11.6. The molecule has 0 amide bonds. The monoisotopic (exact) mass is 278 g/mol. The Labute approximate surface area is 114 Å². The second-order valence-electron chi connectivity index (χ2n) is 5.34. The van der Waals surface area contributed by atoms with Crippen molar-refractivity contribution in [3.8, 4) is 0 Å². The summed E-state index contributed by atoms with van der Waals surface area (Å²) in [5, 5.41) is 37.6. The van der Waals surface area contributed by atoms with E-state index in [1.165, 1.54) is 0 Å². The number of rotatable bonds is 7. The van der Waals surface area contributed by atoms with Crippen LogP contribution < -0.4 is 0 Å². The van der Waals surface area contributed by atoms with E-state index in [4.69, 9.17) is 14.6 Å². The van der Waals surface area contributed by atoms with E-state index in [0.717, 1.165) is 19.3 Å². The summed E-state index contributed by atoms with van der Waals surface area (Å²) in [5.74, 6) is 0.279. The van der Waals surface area contributed by atoms with E-state index in [2.05, 4.69) is 0 Å². The van der Waals surface area contributed by atoms with Crippen LogP contribution in [0.1, 0.15) is 33.1 Å². The van der Waals surface area contributed by atoms with Gasteiger partial charge in [-0.15, -0.1) is 0 Å². The number of unbranched alkanes of at least 4 members (excludes halogenated alkanes) is 1. The standard InChI is InChI=1S/C13H26O6/c1-8(5-3-4-6-14)7-18-13-12(17)11(16)10(15)9(2)19-13/h8-17H,3-7H2,1-2H3/t8-,9+,10+,11-,12-,13-/m1/s1. The van der Waals surface area contributed by atoms with Gasteiger partial charge in [0.05, 0.1) is 12.7 Å².